The molecule has 98 valence electrons. The first-order valence-corrected chi connectivity index (χ1v) is 5.64. The minimum absolute atomic E-state index is 0.0752. The third-order valence-electron chi connectivity index (χ3n) is 3.33. The van der Waals surface area contributed by atoms with Gasteiger partial charge in [0, 0.05) is 36.3 Å². The highest BCUT2D eigenvalue weighted by molar-refractivity contribution is 5.16. The summed E-state index contributed by atoms with van der Waals surface area (Å²) in [6, 6.07) is 3.37. The molecule has 0 amide bonds. The number of halogens is 3. The van der Waals surface area contributed by atoms with E-state index in [1.54, 1.807) is 4.57 Å². The van der Waals surface area contributed by atoms with Crippen LogP contribution >= 0.6 is 0 Å². The zero-order valence-electron chi connectivity index (χ0n) is 9.61. The molecular formula is C12H13F3N2O. The summed E-state index contributed by atoms with van der Waals surface area (Å²) < 4.78 is 38.6. The summed E-state index contributed by atoms with van der Waals surface area (Å²) in [5.41, 5.74) is -0.232. The molecule has 1 heterocycles. The van der Waals surface area contributed by atoms with Gasteiger partial charge in [-0.2, -0.15) is 18.4 Å². The van der Waals surface area contributed by atoms with Crippen molar-refractivity contribution in [2.24, 2.45) is 5.41 Å². The Hall–Kier alpha value is -1.48. The Morgan fingerprint density at radius 3 is 2.67 bits per heavy atom. The standard InChI is InChI=1S/C12H13F3N2O/c13-12(14,15)10(18)9-1-6-17(7-9)8-11(2-3-11)4-5-16/h1,6-7,10,18H,2-4,8H2. The van der Waals surface area contributed by atoms with Crippen molar-refractivity contribution in [3.05, 3.63) is 24.0 Å². The van der Waals surface area contributed by atoms with Gasteiger partial charge in [0.2, 0.25) is 0 Å². The molecule has 6 heteroatoms. The van der Waals surface area contributed by atoms with Crippen molar-refractivity contribution in [1.29, 1.82) is 5.26 Å². The van der Waals surface area contributed by atoms with Crippen molar-refractivity contribution in [2.45, 2.75) is 38.1 Å². The molecule has 0 aliphatic heterocycles. The molecule has 0 bridgehead atoms. The van der Waals surface area contributed by atoms with Crippen LogP contribution in [0.15, 0.2) is 18.5 Å². The monoisotopic (exact) mass is 258 g/mol. The Morgan fingerprint density at radius 2 is 2.17 bits per heavy atom. The Balaban J connectivity index is 2.05. The number of aromatic nitrogens is 1. The molecule has 1 aliphatic carbocycles. The number of alkyl halides is 3. The van der Waals surface area contributed by atoms with Crippen LogP contribution in [0.1, 0.15) is 30.9 Å². The van der Waals surface area contributed by atoms with Crippen LogP contribution in [-0.4, -0.2) is 15.8 Å². The van der Waals surface area contributed by atoms with Gasteiger partial charge in [0.1, 0.15) is 0 Å². The third kappa shape index (κ3) is 2.67. The summed E-state index contributed by atoms with van der Waals surface area (Å²) >= 11 is 0. The van der Waals surface area contributed by atoms with Crippen LogP contribution in [0, 0.1) is 16.7 Å². The maximum atomic E-state index is 12.3. The first-order chi connectivity index (χ1) is 8.36. The fraction of sp³-hybridized carbons (Fsp3) is 0.583. The first-order valence-electron chi connectivity index (χ1n) is 5.64. The van der Waals surface area contributed by atoms with Gasteiger partial charge in [-0.15, -0.1) is 0 Å². The fourth-order valence-corrected chi connectivity index (χ4v) is 2.03. The van der Waals surface area contributed by atoms with Crippen molar-refractivity contribution < 1.29 is 18.3 Å². The maximum absolute atomic E-state index is 12.3. The normalized spacial score (nSPS) is 19.3. The van der Waals surface area contributed by atoms with Gasteiger partial charge in [-0.25, -0.2) is 0 Å². The van der Waals surface area contributed by atoms with E-state index >= 15 is 0 Å². The smallest absolute Gasteiger partial charge is 0.379 e. The van der Waals surface area contributed by atoms with Gasteiger partial charge in [-0.3, -0.25) is 0 Å². The highest BCUT2D eigenvalue weighted by Gasteiger charge is 2.43. The molecule has 0 radical (unpaired) electrons. The van der Waals surface area contributed by atoms with Gasteiger partial charge in [0.25, 0.3) is 0 Å². The second kappa shape index (κ2) is 4.32. The second-order valence-corrected chi connectivity index (χ2v) is 4.90. The molecule has 2 rings (SSSR count). The molecule has 1 saturated carbocycles. The quantitative estimate of drug-likeness (QED) is 0.902. The number of nitriles is 1. The molecule has 0 spiro atoms. The van der Waals surface area contributed by atoms with Gasteiger partial charge < -0.3 is 9.67 Å². The van der Waals surface area contributed by atoms with Gasteiger partial charge in [0.05, 0.1) is 6.07 Å². The van der Waals surface area contributed by atoms with E-state index in [9.17, 15) is 13.2 Å². The minimum atomic E-state index is -4.64. The molecule has 0 saturated heterocycles. The van der Waals surface area contributed by atoms with E-state index in [0.29, 0.717) is 13.0 Å². The van der Waals surface area contributed by atoms with Crippen LogP contribution in [0.4, 0.5) is 13.2 Å². The van der Waals surface area contributed by atoms with Crippen LogP contribution in [0.5, 0.6) is 0 Å². The average Bonchev–Trinajstić information content (AvgIpc) is 2.86. The zero-order valence-corrected chi connectivity index (χ0v) is 9.61. The maximum Gasteiger partial charge on any atom is 0.418 e. The summed E-state index contributed by atoms with van der Waals surface area (Å²) in [6.45, 7) is 0.533. The minimum Gasteiger partial charge on any atom is -0.379 e. The highest BCUT2D eigenvalue weighted by Crippen LogP contribution is 2.50. The lowest BCUT2D eigenvalue weighted by molar-refractivity contribution is -0.206. The molecule has 3 nitrogen and oxygen atoms in total. The average molecular weight is 258 g/mol. The lowest BCUT2D eigenvalue weighted by Gasteiger charge is -2.14. The Kier molecular flexibility index (Phi) is 3.11. The number of rotatable bonds is 4. The van der Waals surface area contributed by atoms with Crippen LogP contribution in [0.25, 0.3) is 0 Å². The van der Waals surface area contributed by atoms with Crippen molar-refractivity contribution in [1.82, 2.24) is 4.57 Å². The summed E-state index contributed by atoms with van der Waals surface area (Å²) in [4.78, 5) is 0. The molecule has 1 aromatic rings. The van der Waals surface area contributed by atoms with Gasteiger partial charge in [-0.1, -0.05) is 0 Å². The van der Waals surface area contributed by atoms with E-state index < -0.39 is 12.3 Å². The first kappa shape index (κ1) is 13.0. The molecular weight excluding hydrogens is 245 g/mol. The molecule has 1 N–H and O–H groups in total. The van der Waals surface area contributed by atoms with E-state index in [1.165, 1.54) is 18.5 Å². The van der Waals surface area contributed by atoms with Gasteiger partial charge >= 0.3 is 6.18 Å². The molecule has 1 atom stereocenters. The van der Waals surface area contributed by atoms with Crippen LogP contribution in [-0.2, 0) is 6.54 Å². The molecule has 1 aromatic heterocycles. The van der Waals surface area contributed by atoms with E-state index in [4.69, 9.17) is 10.4 Å². The largest absolute Gasteiger partial charge is 0.418 e. The predicted molar refractivity (Wildman–Crippen MR) is 57.3 cm³/mol. The van der Waals surface area contributed by atoms with Crippen molar-refractivity contribution in [3.8, 4) is 6.07 Å². The highest BCUT2D eigenvalue weighted by atomic mass is 19.4. The second-order valence-electron chi connectivity index (χ2n) is 4.90. The topological polar surface area (TPSA) is 49.0 Å². The lowest BCUT2D eigenvalue weighted by atomic mass is 10.0. The van der Waals surface area contributed by atoms with Crippen molar-refractivity contribution in [2.75, 3.05) is 0 Å². The van der Waals surface area contributed by atoms with E-state index in [2.05, 4.69) is 6.07 Å². The lowest BCUT2D eigenvalue weighted by Crippen LogP contribution is -2.19. The fourth-order valence-electron chi connectivity index (χ4n) is 2.03. The van der Waals surface area contributed by atoms with Crippen LogP contribution < -0.4 is 0 Å². The summed E-state index contributed by atoms with van der Waals surface area (Å²) in [6.07, 6.45) is -1.99. The summed E-state index contributed by atoms with van der Waals surface area (Å²) in [5.74, 6) is 0. The van der Waals surface area contributed by atoms with Gasteiger partial charge in [0.15, 0.2) is 6.10 Å². The number of aliphatic hydroxyl groups excluding tert-OH is 1. The van der Waals surface area contributed by atoms with Crippen LogP contribution in [0.2, 0.25) is 0 Å². The van der Waals surface area contributed by atoms with Crippen LogP contribution in [0.3, 0.4) is 0 Å². The SMILES string of the molecule is N#CCC1(Cn2ccc(C(O)C(F)(F)F)c2)CC1. The molecule has 18 heavy (non-hydrogen) atoms. The number of nitrogens with zero attached hydrogens (tertiary/aromatic N) is 2. The van der Waals surface area contributed by atoms with E-state index in [-0.39, 0.29) is 11.0 Å². The third-order valence-corrected chi connectivity index (χ3v) is 3.33. The number of hydrogen-bond donors (Lipinski definition) is 1. The molecule has 0 aromatic carbocycles. The number of hydrogen-bond acceptors (Lipinski definition) is 2. The predicted octanol–water partition coefficient (Wildman–Crippen LogP) is 2.78. The van der Waals surface area contributed by atoms with Gasteiger partial charge in [-0.05, 0) is 18.9 Å². The molecule has 1 unspecified atom stereocenters. The Bertz CT molecular complexity index is 468. The zero-order chi connectivity index (χ0) is 13.4. The summed E-state index contributed by atoms with van der Waals surface area (Å²) in [5, 5.41) is 17.8. The summed E-state index contributed by atoms with van der Waals surface area (Å²) in [7, 11) is 0. The van der Waals surface area contributed by atoms with E-state index in [1.807, 2.05) is 0 Å². The molecule has 1 aliphatic rings. The Morgan fingerprint density at radius 1 is 1.50 bits per heavy atom. The number of aliphatic hydroxyl groups is 1. The van der Waals surface area contributed by atoms with Crippen molar-refractivity contribution >= 4 is 0 Å². The molecule has 1 fully saturated rings. The Labute approximate surface area is 102 Å². The van der Waals surface area contributed by atoms with Crippen molar-refractivity contribution in [3.63, 3.8) is 0 Å². The van der Waals surface area contributed by atoms with E-state index in [0.717, 1.165) is 12.8 Å².